The second-order valence-electron chi connectivity index (χ2n) is 7.22. The summed E-state index contributed by atoms with van der Waals surface area (Å²) in [6, 6.07) is 15.4. The molecule has 3 aromatic rings. The van der Waals surface area contributed by atoms with E-state index < -0.39 is 5.91 Å². The Morgan fingerprint density at radius 1 is 1.17 bits per heavy atom. The lowest BCUT2D eigenvalue weighted by Crippen LogP contribution is -2.25. The minimum Gasteiger partial charge on any atom is -0.484 e. The Morgan fingerprint density at radius 3 is 2.52 bits per heavy atom. The van der Waals surface area contributed by atoms with Gasteiger partial charge in [0.05, 0.1) is 11.4 Å². The lowest BCUT2D eigenvalue weighted by molar-refractivity contribution is -0.120. The zero-order valence-corrected chi connectivity index (χ0v) is 16.3. The van der Waals surface area contributed by atoms with Crippen LogP contribution in [0.25, 0.3) is 5.69 Å². The van der Waals surface area contributed by atoms with Crippen molar-refractivity contribution in [2.24, 2.45) is 5.73 Å². The van der Waals surface area contributed by atoms with Gasteiger partial charge in [0.25, 0.3) is 5.91 Å². The van der Waals surface area contributed by atoms with Crippen LogP contribution in [-0.2, 0) is 9.59 Å². The van der Waals surface area contributed by atoms with Gasteiger partial charge < -0.3 is 15.8 Å². The minimum atomic E-state index is -0.526. The van der Waals surface area contributed by atoms with Crippen LogP contribution < -0.4 is 15.8 Å². The topological polar surface area (TPSA) is 99.2 Å². The number of anilines is 1. The van der Waals surface area contributed by atoms with Gasteiger partial charge in [0.2, 0.25) is 5.91 Å². The van der Waals surface area contributed by atoms with Crippen LogP contribution in [0.15, 0.2) is 48.5 Å². The highest BCUT2D eigenvalue weighted by molar-refractivity contribution is 5.95. The number of ether oxygens (including phenoxy) is 1. The van der Waals surface area contributed by atoms with E-state index in [1.165, 1.54) is 0 Å². The Hall–Kier alpha value is -3.61. The quantitative estimate of drug-likeness (QED) is 0.700. The Labute approximate surface area is 168 Å². The summed E-state index contributed by atoms with van der Waals surface area (Å²) in [6.45, 7) is 3.82. The first kappa shape index (κ1) is 18.7. The number of hydrogen-bond donors (Lipinski definition) is 2. The van der Waals surface area contributed by atoms with E-state index in [4.69, 9.17) is 15.6 Å². The average molecular weight is 390 g/mol. The number of fused-ring (bicyclic) bond motifs is 1. The highest BCUT2D eigenvalue weighted by Gasteiger charge is 2.32. The molecule has 1 aliphatic heterocycles. The Bertz CT molecular complexity index is 1070. The molecule has 0 saturated carbocycles. The molecule has 2 amide bonds. The van der Waals surface area contributed by atoms with Gasteiger partial charge in [-0.15, -0.1) is 0 Å². The van der Waals surface area contributed by atoms with Crippen LogP contribution in [0.5, 0.6) is 5.75 Å². The summed E-state index contributed by atoms with van der Waals surface area (Å²) in [5.74, 6) is 0.580. The van der Waals surface area contributed by atoms with Crippen molar-refractivity contribution >= 4 is 17.6 Å². The summed E-state index contributed by atoms with van der Waals surface area (Å²) in [6.07, 6.45) is 0.342. The largest absolute Gasteiger partial charge is 0.484 e. The summed E-state index contributed by atoms with van der Waals surface area (Å²) in [4.78, 5) is 23.4. The average Bonchev–Trinajstić information content (AvgIpc) is 3.03. The number of carbonyl (C=O) groups excluding carboxylic acids is 2. The first-order chi connectivity index (χ1) is 13.9. The van der Waals surface area contributed by atoms with E-state index >= 15 is 0 Å². The van der Waals surface area contributed by atoms with Gasteiger partial charge in [0, 0.05) is 17.9 Å². The molecule has 1 atom stereocenters. The molecule has 7 heteroatoms. The summed E-state index contributed by atoms with van der Waals surface area (Å²) in [5, 5.41) is 7.69. The summed E-state index contributed by atoms with van der Waals surface area (Å²) in [7, 11) is 0. The van der Waals surface area contributed by atoms with Crippen LogP contribution in [0.3, 0.4) is 0 Å². The Balaban J connectivity index is 1.70. The Kier molecular flexibility index (Phi) is 4.80. The van der Waals surface area contributed by atoms with Crippen LogP contribution >= 0.6 is 0 Å². The molecule has 2 heterocycles. The molecule has 0 saturated heterocycles. The molecule has 4 rings (SSSR count). The van der Waals surface area contributed by atoms with Crippen LogP contribution in [-0.4, -0.2) is 28.2 Å². The SMILES string of the molecule is Cc1ccc(-n2nc(C)c3c2NC(=O)CC3c2ccc(OCC(N)=O)cc2)cc1. The zero-order valence-electron chi connectivity index (χ0n) is 16.3. The fourth-order valence-electron chi connectivity index (χ4n) is 3.66. The van der Waals surface area contributed by atoms with Gasteiger partial charge in [-0.25, -0.2) is 4.68 Å². The molecule has 2 aromatic carbocycles. The van der Waals surface area contributed by atoms with Gasteiger partial charge in [-0.1, -0.05) is 29.8 Å². The molecule has 0 radical (unpaired) electrons. The molecule has 1 aromatic heterocycles. The number of rotatable bonds is 5. The first-order valence-corrected chi connectivity index (χ1v) is 9.40. The van der Waals surface area contributed by atoms with Crippen LogP contribution in [0.2, 0.25) is 0 Å². The summed E-state index contributed by atoms with van der Waals surface area (Å²) >= 11 is 0. The highest BCUT2D eigenvalue weighted by atomic mass is 16.5. The van der Waals surface area contributed by atoms with Gasteiger partial charge in [-0.05, 0) is 43.7 Å². The molecular formula is C22H22N4O3. The molecule has 0 bridgehead atoms. The fraction of sp³-hybridized carbons (Fsp3) is 0.227. The normalized spacial score (nSPS) is 15.5. The molecule has 1 unspecified atom stereocenters. The lowest BCUT2D eigenvalue weighted by atomic mass is 9.86. The maximum absolute atomic E-state index is 12.5. The maximum atomic E-state index is 12.5. The molecule has 0 aliphatic carbocycles. The van der Waals surface area contributed by atoms with Crippen molar-refractivity contribution in [3.63, 3.8) is 0 Å². The van der Waals surface area contributed by atoms with Gasteiger partial charge >= 0.3 is 0 Å². The molecular weight excluding hydrogens is 368 g/mol. The number of carbonyl (C=O) groups is 2. The third kappa shape index (κ3) is 3.71. The van der Waals surface area contributed by atoms with E-state index in [1.807, 2.05) is 50.2 Å². The number of amides is 2. The second-order valence-corrected chi connectivity index (χ2v) is 7.22. The predicted octanol–water partition coefficient (Wildman–Crippen LogP) is 2.83. The number of benzene rings is 2. The smallest absolute Gasteiger partial charge is 0.255 e. The third-order valence-electron chi connectivity index (χ3n) is 5.04. The molecule has 148 valence electrons. The van der Waals surface area contributed by atoms with Crippen molar-refractivity contribution in [1.82, 2.24) is 9.78 Å². The second kappa shape index (κ2) is 7.43. The van der Waals surface area contributed by atoms with Crippen molar-refractivity contribution in [2.45, 2.75) is 26.2 Å². The van der Waals surface area contributed by atoms with E-state index in [-0.39, 0.29) is 18.4 Å². The molecule has 1 aliphatic rings. The van der Waals surface area contributed by atoms with Gasteiger partial charge in [-0.2, -0.15) is 5.10 Å². The predicted molar refractivity (Wildman–Crippen MR) is 109 cm³/mol. The van der Waals surface area contributed by atoms with Crippen molar-refractivity contribution in [3.8, 4) is 11.4 Å². The van der Waals surface area contributed by atoms with Crippen molar-refractivity contribution in [2.75, 3.05) is 11.9 Å². The van der Waals surface area contributed by atoms with Gasteiger partial charge in [0.1, 0.15) is 11.6 Å². The number of hydrogen-bond acceptors (Lipinski definition) is 4. The maximum Gasteiger partial charge on any atom is 0.255 e. The number of nitrogens with one attached hydrogen (secondary N) is 1. The van der Waals surface area contributed by atoms with E-state index in [2.05, 4.69) is 5.32 Å². The van der Waals surface area contributed by atoms with Crippen molar-refractivity contribution < 1.29 is 14.3 Å². The zero-order chi connectivity index (χ0) is 20.5. The van der Waals surface area contributed by atoms with E-state index in [1.54, 1.807) is 16.8 Å². The molecule has 7 nitrogen and oxygen atoms in total. The Morgan fingerprint density at radius 2 is 1.86 bits per heavy atom. The number of nitrogens with zero attached hydrogens (tertiary/aromatic N) is 2. The van der Waals surface area contributed by atoms with E-state index in [9.17, 15) is 9.59 Å². The van der Waals surface area contributed by atoms with Crippen LogP contribution in [0.1, 0.15) is 34.7 Å². The van der Waals surface area contributed by atoms with Crippen LogP contribution in [0, 0.1) is 13.8 Å². The number of primary amides is 1. The van der Waals surface area contributed by atoms with Crippen LogP contribution in [0.4, 0.5) is 5.82 Å². The van der Waals surface area contributed by atoms with E-state index in [0.29, 0.717) is 18.0 Å². The summed E-state index contributed by atoms with van der Waals surface area (Å²) < 4.78 is 7.12. The lowest BCUT2D eigenvalue weighted by Gasteiger charge is -2.24. The van der Waals surface area contributed by atoms with Crippen molar-refractivity contribution in [3.05, 3.63) is 70.9 Å². The first-order valence-electron chi connectivity index (χ1n) is 9.40. The summed E-state index contributed by atoms with van der Waals surface area (Å²) in [5.41, 5.74) is 10.0. The monoisotopic (exact) mass is 390 g/mol. The van der Waals surface area contributed by atoms with Crippen molar-refractivity contribution in [1.29, 1.82) is 0 Å². The minimum absolute atomic E-state index is 0.0511. The van der Waals surface area contributed by atoms with E-state index in [0.717, 1.165) is 28.1 Å². The molecule has 0 spiro atoms. The number of aryl methyl sites for hydroxylation is 2. The standard InChI is InChI=1S/C22H22N4O3/c1-13-3-7-16(8-4-13)26-22-21(14(2)25-26)18(11-20(28)24-22)15-5-9-17(10-6-15)29-12-19(23)27/h3-10,18H,11-12H2,1-2H3,(H2,23,27)(H,24,28). The molecule has 3 N–H and O–H groups in total. The fourth-order valence-corrected chi connectivity index (χ4v) is 3.66. The third-order valence-corrected chi connectivity index (χ3v) is 5.04. The molecule has 0 fully saturated rings. The molecule has 29 heavy (non-hydrogen) atoms. The van der Waals surface area contributed by atoms with Gasteiger partial charge in [0.15, 0.2) is 6.61 Å². The van der Waals surface area contributed by atoms with Gasteiger partial charge in [-0.3, -0.25) is 9.59 Å². The highest BCUT2D eigenvalue weighted by Crippen LogP contribution is 2.40. The number of aromatic nitrogens is 2. The number of nitrogens with two attached hydrogens (primary N) is 1.